The van der Waals surface area contributed by atoms with Gasteiger partial charge in [0.2, 0.25) is 0 Å². The molecule has 1 unspecified atom stereocenters. The zero-order valence-corrected chi connectivity index (χ0v) is 12.9. The molecule has 0 spiro atoms. The molecular formula is C14H25N3O3. The standard InChI is InChI=1S/C14H25N3O3/c1-6-15-8-14(4,5)10(3)16-13(19)12-9(2)11(7-18)20-17-12/h10,15,18H,6-8H2,1-5H3,(H,16,19). The quantitative estimate of drug-likeness (QED) is 0.700. The Hall–Kier alpha value is -1.40. The summed E-state index contributed by atoms with van der Waals surface area (Å²) in [5.74, 6) is 0.0535. The normalized spacial score (nSPS) is 13.3. The molecule has 1 atom stereocenters. The molecule has 6 nitrogen and oxygen atoms in total. The number of nitrogens with one attached hydrogen (secondary N) is 2. The van der Waals surface area contributed by atoms with E-state index in [1.54, 1.807) is 6.92 Å². The number of rotatable bonds is 7. The number of nitrogens with zero attached hydrogens (tertiary/aromatic N) is 1. The van der Waals surface area contributed by atoms with Crippen molar-refractivity contribution < 1.29 is 14.4 Å². The molecule has 0 saturated carbocycles. The van der Waals surface area contributed by atoms with E-state index in [4.69, 9.17) is 9.63 Å². The van der Waals surface area contributed by atoms with E-state index in [1.807, 2.05) is 6.92 Å². The van der Waals surface area contributed by atoms with Crippen LogP contribution in [0, 0.1) is 12.3 Å². The summed E-state index contributed by atoms with van der Waals surface area (Å²) in [5.41, 5.74) is 0.741. The predicted octanol–water partition coefficient (Wildman–Crippen LogP) is 1.23. The van der Waals surface area contributed by atoms with Gasteiger partial charge in [0.25, 0.3) is 5.91 Å². The fourth-order valence-corrected chi connectivity index (χ4v) is 1.79. The van der Waals surface area contributed by atoms with E-state index in [2.05, 4.69) is 36.6 Å². The lowest BCUT2D eigenvalue weighted by Crippen LogP contribution is -2.47. The van der Waals surface area contributed by atoms with Crippen molar-refractivity contribution in [3.05, 3.63) is 17.0 Å². The number of hydrogen-bond acceptors (Lipinski definition) is 5. The summed E-state index contributed by atoms with van der Waals surface area (Å²) in [4.78, 5) is 12.2. The van der Waals surface area contributed by atoms with Crippen LogP contribution in [0.1, 0.15) is 49.5 Å². The van der Waals surface area contributed by atoms with Crippen LogP contribution in [0.4, 0.5) is 0 Å². The molecule has 6 heteroatoms. The third kappa shape index (κ3) is 3.80. The first-order valence-electron chi connectivity index (χ1n) is 6.91. The van der Waals surface area contributed by atoms with Crippen LogP contribution in [0.3, 0.4) is 0 Å². The van der Waals surface area contributed by atoms with E-state index in [0.717, 1.165) is 13.1 Å². The highest BCUT2D eigenvalue weighted by Crippen LogP contribution is 2.20. The van der Waals surface area contributed by atoms with Gasteiger partial charge in [-0.2, -0.15) is 0 Å². The van der Waals surface area contributed by atoms with Gasteiger partial charge in [-0.15, -0.1) is 0 Å². The molecule has 1 amide bonds. The largest absolute Gasteiger partial charge is 0.388 e. The Labute approximate surface area is 119 Å². The van der Waals surface area contributed by atoms with Gasteiger partial charge in [-0.05, 0) is 25.8 Å². The van der Waals surface area contributed by atoms with Crippen molar-refractivity contribution in [3.8, 4) is 0 Å². The van der Waals surface area contributed by atoms with Gasteiger partial charge in [-0.1, -0.05) is 25.9 Å². The Bertz CT molecular complexity index is 455. The number of carbonyl (C=O) groups excluding carboxylic acids is 1. The molecule has 114 valence electrons. The van der Waals surface area contributed by atoms with E-state index in [-0.39, 0.29) is 29.7 Å². The number of aliphatic hydroxyl groups excluding tert-OH is 1. The highest BCUT2D eigenvalue weighted by Gasteiger charge is 2.28. The van der Waals surface area contributed by atoms with Gasteiger partial charge in [0.1, 0.15) is 6.61 Å². The summed E-state index contributed by atoms with van der Waals surface area (Å²) in [5, 5.41) is 19.0. The zero-order chi connectivity index (χ0) is 15.3. The molecule has 0 fully saturated rings. The van der Waals surface area contributed by atoms with Crippen molar-refractivity contribution >= 4 is 5.91 Å². The van der Waals surface area contributed by atoms with Gasteiger partial charge in [0.05, 0.1) is 0 Å². The monoisotopic (exact) mass is 283 g/mol. The van der Waals surface area contributed by atoms with Crippen molar-refractivity contribution in [2.24, 2.45) is 5.41 Å². The zero-order valence-electron chi connectivity index (χ0n) is 12.9. The molecule has 0 bridgehead atoms. The average Bonchev–Trinajstić information content (AvgIpc) is 2.77. The molecule has 3 N–H and O–H groups in total. The number of aliphatic hydroxyl groups is 1. The number of hydrogen-bond donors (Lipinski definition) is 3. The Morgan fingerprint density at radius 3 is 2.65 bits per heavy atom. The lowest BCUT2D eigenvalue weighted by Gasteiger charge is -2.32. The summed E-state index contributed by atoms with van der Waals surface area (Å²) in [7, 11) is 0. The first-order chi connectivity index (χ1) is 9.33. The van der Waals surface area contributed by atoms with Crippen LogP contribution in [0.25, 0.3) is 0 Å². The van der Waals surface area contributed by atoms with Crippen LogP contribution in [-0.2, 0) is 6.61 Å². The molecule has 0 radical (unpaired) electrons. The van der Waals surface area contributed by atoms with Crippen molar-refractivity contribution in [3.63, 3.8) is 0 Å². The molecular weight excluding hydrogens is 258 g/mol. The van der Waals surface area contributed by atoms with Crippen molar-refractivity contribution in [2.75, 3.05) is 13.1 Å². The van der Waals surface area contributed by atoms with E-state index < -0.39 is 0 Å². The van der Waals surface area contributed by atoms with Crippen molar-refractivity contribution in [1.82, 2.24) is 15.8 Å². The number of aromatic nitrogens is 1. The third-order valence-electron chi connectivity index (χ3n) is 3.73. The van der Waals surface area contributed by atoms with E-state index in [1.165, 1.54) is 0 Å². The molecule has 1 aromatic rings. The van der Waals surface area contributed by atoms with Crippen LogP contribution >= 0.6 is 0 Å². The van der Waals surface area contributed by atoms with Gasteiger partial charge in [0, 0.05) is 18.2 Å². The van der Waals surface area contributed by atoms with Crippen LogP contribution in [0.15, 0.2) is 4.52 Å². The van der Waals surface area contributed by atoms with Crippen molar-refractivity contribution in [1.29, 1.82) is 0 Å². The third-order valence-corrected chi connectivity index (χ3v) is 3.73. The van der Waals surface area contributed by atoms with Gasteiger partial charge in [-0.3, -0.25) is 4.79 Å². The number of carbonyl (C=O) groups is 1. The lowest BCUT2D eigenvalue weighted by molar-refractivity contribution is 0.0893. The highest BCUT2D eigenvalue weighted by atomic mass is 16.5. The first-order valence-corrected chi connectivity index (χ1v) is 6.91. The lowest BCUT2D eigenvalue weighted by atomic mass is 9.85. The van der Waals surface area contributed by atoms with E-state index in [0.29, 0.717) is 11.3 Å². The fraction of sp³-hybridized carbons (Fsp3) is 0.714. The smallest absolute Gasteiger partial charge is 0.273 e. The molecule has 20 heavy (non-hydrogen) atoms. The maximum Gasteiger partial charge on any atom is 0.273 e. The molecule has 0 aliphatic heterocycles. The topological polar surface area (TPSA) is 87.4 Å². The molecule has 0 aromatic carbocycles. The molecule has 1 rings (SSSR count). The van der Waals surface area contributed by atoms with Crippen LogP contribution in [-0.4, -0.2) is 35.3 Å². The van der Waals surface area contributed by atoms with Gasteiger partial charge in [0.15, 0.2) is 11.5 Å². The van der Waals surface area contributed by atoms with Crippen LogP contribution in [0.2, 0.25) is 0 Å². The van der Waals surface area contributed by atoms with Crippen LogP contribution in [0.5, 0.6) is 0 Å². The Kier molecular flexibility index (Phi) is 5.71. The minimum absolute atomic E-state index is 0.0253. The van der Waals surface area contributed by atoms with E-state index in [9.17, 15) is 4.79 Å². The molecule has 0 saturated heterocycles. The number of amides is 1. The van der Waals surface area contributed by atoms with Gasteiger partial charge >= 0.3 is 0 Å². The van der Waals surface area contributed by atoms with Gasteiger partial charge < -0.3 is 20.3 Å². The second-order valence-electron chi connectivity index (χ2n) is 5.70. The fourth-order valence-electron chi connectivity index (χ4n) is 1.79. The maximum absolute atomic E-state index is 12.2. The predicted molar refractivity (Wildman–Crippen MR) is 76.4 cm³/mol. The molecule has 1 heterocycles. The minimum atomic E-state index is -0.275. The van der Waals surface area contributed by atoms with Crippen molar-refractivity contribution in [2.45, 2.75) is 47.3 Å². The minimum Gasteiger partial charge on any atom is -0.388 e. The average molecular weight is 283 g/mol. The summed E-state index contributed by atoms with van der Waals surface area (Å²) in [6, 6.07) is -0.0253. The Morgan fingerprint density at radius 1 is 1.50 bits per heavy atom. The summed E-state index contributed by atoms with van der Waals surface area (Å²) < 4.78 is 4.92. The SMILES string of the molecule is CCNCC(C)(C)C(C)NC(=O)c1noc(CO)c1C. The second kappa shape index (κ2) is 6.85. The summed E-state index contributed by atoms with van der Waals surface area (Å²) >= 11 is 0. The highest BCUT2D eigenvalue weighted by molar-refractivity contribution is 5.93. The summed E-state index contributed by atoms with van der Waals surface area (Å²) in [6.07, 6.45) is 0. The maximum atomic E-state index is 12.2. The van der Waals surface area contributed by atoms with Crippen LogP contribution < -0.4 is 10.6 Å². The van der Waals surface area contributed by atoms with E-state index >= 15 is 0 Å². The molecule has 0 aliphatic carbocycles. The Morgan fingerprint density at radius 2 is 2.15 bits per heavy atom. The summed E-state index contributed by atoms with van der Waals surface area (Å²) in [6.45, 7) is 11.4. The van der Waals surface area contributed by atoms with Gasteiger partial charge in [-0.25, -0.2) is 0 Å². The second-order valence-corrected chi connectivity index (χ2v) is 5.70. The first kappa shape index (κ1) is 16.7. The molecule has 0 aliphatic rings. The molecule has 1 aromatic heterocycles. The Balaban J connectivity index is 2.72.